The van der Waals surface area contributed by atoms with Crippen molar-refractivity contribution in [1.29, 1.82) is 0 Å². The smallest absolute Gasteiger partial charge is 0.192 e. The Bertz CT molecular complexity index is 2560. The first-order chi connectivity index (χ1) is 26.9. The highest BCUT2D eigenvalue weighted by molar-refractivity contribution is 7.18. The lowest BCUT2D eigenvalue weighted by Gasteiger charge is -2.05. The first kappa shape index (κ1) is 36.5. The molecule has 0 bridgehead atoms. The van der Waals surface area contributed by atoms with Crippen LogP contribution in [0.2, 0.25) is 0 Å². The second-order valence-corrected chi connectivity index (χ2v) is 13.7. The minimum Gasteiger partial charge on any atom is -0.441 e. The number of rotatable bonds is 3. The Kier molecular flexibility index (Phi) is 11.5. The summed E-state index contributed by atoms with van der Waals surface area (Å²) in [4.78, 5) is 26.4. The van der Waals surface area contributed by atoms with Crippen LogP contribution >= 0.6 is 11.3 Å². The van der Waals surface area contributed by atoms with Gasteiger partial charge >= 0.3 is 0 Å². The molecule has 6 aromatic carbocycles. The van der Waals surface area contributed by atoms with E-state index >= 15 is 0 Å². The van der Waals surface area contributed by atoms with Gasteiger partial charge < -0.3 is 4.42 Å². The van der Waals surface area contributed by atoms with Crippen LogP contribution in [0.4, 0.5) is 0 Å². The lowest BCUT2D eigenvalue weighted by Crippen LogP contribution is -1.99. The van der Waals surface area contributed by atoms with Crippen molar-refractivity contribution in [3.63, 3.8) is 0 Å². The first-order valence-corrected chi connectivity index (χ1v) is 18.7. The topological polar surface area (TPSA) is 95.4 Å². The fourth-order valence-electron chi connectivity index (χ4n) is 5.94. The summed E-state index contributed by atoms with van der Waals surface area (Å²) in [5.41, 5.74) is 8.28. The van der Waals surface area contributed by atoms with Crippen molar-refractivity contribution in [1.82, 2.24) is 34.5 Å². The van der Waals surface area contributed by atoms with Crippen molar-refractivity contribution in [2.45, 2.75) is 27.7 Å². The fourth-order valence-corrected chi connectivity index (χ4v) is 6.77. The molecule has 0 saturated carbocycles. The average Bonchev–Trinajstić information content (AvgIpc) is 3.91. The van der Waals surface area contributed by atoms with Crippen LogP contribution < -0.4 is 0 Å². The molecule has 0 atom stereocenters. The molecule has 0 spiro atoms. The summed E-state index contributed by atoms with van der Waals surface area (Å²) in [5.74, 6) is 3.90. The van der Waals surface area contributed by atoms with Gasteiger partial charge in [-0.3, -0.25) is 4.57 Å². The van der Waals surface area contributed by atoms with E-state index in [-0.39, 0.29) is 0 Å². The molecule has 55 heavy (non-hydrogen) atoms. The molecular formula is C46H39N7OS. The van der Waals surface area contributed by atoms with E-state index in [1.54, 1.807) is 11.3 Å². The van der Waals surface area contributed by atoms with Crippen molar-refractivity contribution in [3.05, 3.63) is 186 Å². The molecular weight excluding hydrogens is 699 g/mol. The van der Waals surface area contributed by atoms with Crippen molar-refractivity contribution in [2.24, 2.45) is 0 Å². The van der Waals surface area contributed by atoms with E-state index in [9.17, 15) is 0 Å². The van der Waals surface area contributed by atoms with E-state index in [1.165, 1.54) is 4.70 Å². The molecule has 0 aliphatic carbocycles. The van der Waals surface area contributed by atoms with Crippen LogP contribution in [0, 0.1) is 27.7 Å². The Morgan fingerprint density at radius 3 is 1.60 bits per heavy atom. The number of fused-ring (bicyclic) bond motifs is 3. The van der Waals surface area contributed by atoms with Crippen LogP contribution in [0.15, 0.2) is 168 Å². The average molecular weight is 738 g/mol. The van der Waals surface area contributed by atoms with Crippen LogP contribution in [0.5, 0.6) is 0 Å². The quantitative estimate of drug-likeness (QED) is 0.178. The summed E-state index contributed by atoms with van der Waals surface area (Å²) in [6, 6.07) is 54.4. The molecule has 0 aliphatic heterocycles. The zero-order valence-corrected chi connectivity index (χ0v) is 31.9. The van der Waals surface area contributed by atoms with Gasteiger partial charge in [0.25, 0.3) is 0 Å². The second kappa shape index (κ2) is 17.3. The van der Waals surface area contributed by atoms with Crippen LogP contribution in [0.3, 0.4) is 0 Å². The van der Waals surface area contributed by atoms with Gasteiger partial charge in [-0.1, -0.05) is 115 Å². The molecule has 0 saturated heterocycles. The van der Waals surface area contributed by atoms with Crippen molar-refractivity contribution < 1.29 is 4.42 Å². The third kappa shape index (κ3) is 9.22. The number of oxazole rings is 1. The number of para-hydroxylation sites is 6. The van der Waals surface area contributed by atoms with Gasteiger partial charge in [0, 0.05) is 23.7 Å². The molecule has 0 unspecified atom stereocenters. The Balaban J connectivity index is 0.000000117. The maximum Gasteiger partial charge on any atom is 0.192 e. The number of aryl methyl sites for hydroxylation is 4. The second-order valence-electron chi connectivity index (χ2n) is 12.5. The van der Waals surface area contributed by atoms with Gasteiger partial charge in [-0.25, -0.2) is 29.9 Å². The van der Waals surface area contributed by atoms with Crippen LogP contribution in [-0.2, 0) is 0 Å². The standard InChI is InChI=1S/C16H13N3.C14H12N2.C8H7NO.C8H7NS/c1-12-17-15(13-8-4-2-5-9-13)19-16(18-12)14-10-6-3-7-11-14;1-11-15-13-9-5-6-10-14(13)16(11)12-7-3-2-4-8-12;2*1-6-9-7-4-2-3-5-8(7)10-6/h2-11H,1H3;2-10H,1H3;2*2-5H,1H3. The van der Waals surface area contributed by atoms with Gasteiger partial charge in [-0.05, 0) is 69.3 Å². The zero-order chi connectivity index (χ0) is 38.0. The maximum atomic E-state index is 5.26. The summed E-state index contributed by atoms with van der Waals surface area (Å²) in [7, 11) is 0. The molecule has 270 valence electrons. The molecule has 10 rings (SSSR count). The van der Waals surface area contributed by atoms with Gasteiger partial charge in [0.05, 0.1) is 26.3 Å². The summed E-state index contributed by atoms with van der Waals surface area (Å²) in [6.45, 7) is 7.80. The molecule has 4 heterocycles. The number of aromatic nitrogens is 7. The lowest BCUT2D eigenvalue weighted by atomic mass is 10.2. The minimum absolute atomic E-state index is 0.715. The molecule has 4 aromatic heterocycles. The summed E-state index contributed by atoms with van der Waals surface area (Å²) in [5, 5.41) is 1.14. The van der Waals surface area contributed by atoms with Crippen LogP contribution in [0.1, 0.15) is 22.5 Å². The van der Waals surface area contributed by atoms with E-state index in [0.717, 1.165) is 67.0 Å². The van der Waals surface area contributed by atoms with E-state index in [1.807, 2.05) is 167 Å². The maximum absolute atomic E-state index is 5.26. The van der Waals surface area contributed by atoms with Gasteiger partial charge in [-0.2, -0.15) is 0 Å². The molecule has 0 fully saturated rings. The number of hydrogen-bond donors (Lipinski definition) is 0. The van der Waals surface area contributed by atoms with E-state index in [2.05, 4.69) is 58.7 Å². The van der Waals surface area contributed by atoms with E-state index < -0.39 is 0 Å². The van der Waals surface area contributed by atoms with Gasteiger partial charge in [0.15, 0.2) is 23.1 Å². The Hall–Kier alpha value is -6.84. The highest BCUT2D eigenvalue weighted by atomic mass is 32.1. The van der Waals surface area contributed by atoms with Crippen molar-refractivity contribution in [3.8, 4) is 28.5 Å². The zero-order valence-electron chi connectivity index (χ0n) is 31.0. The Morgan fingerprint density at radius 2 is 0.982 bits per heavy atom. The number of nitrogens with zero attached hydrogens (tertiary/aromatic N) is 7. The van der Waals surface area contributed by atoms with Gasteiger partial charge in [0.1, 0.15) is 17.2 Å². The fraction of sp³-hybridized carbons (Fsp3) is 0.0870. The monoisotopic (exact) mass is 737 g/mol. The molecule has 10 aromatic rings. The molecule has 8 nitrogen and oxygen atoms in total. The Labute approximate surface area is 323 Å². The first-order valence-electron chi connectivity index (χ1n) is 17.9. The summed E-state index contributed by atoms with van der Waals surface area (Å²) in [6.07, 6.45) is 0. The lowest BCUT2D eigenvalue weighted by molar-refractivity contribution is 0.561. The third-order valence-electron chi connectivity index (χ3n) is 8.36. The highest BCUT2D eigenvalue weighted by Gasteiger charge is 2.09. The highest BCUT2D eigenvalue weighted by Crippen LogP contribution is 2.22. The normalized spacial score (nSPS) is 10.5. The number of hydrogen-bond acceptors (Lipinski definition) is 8. The number of imidazole rings is 1. The summed E-state index contributed by atoms with van der Waals surface area (Å²) < 4.78 is 8.71. The van der Waals surface area contributed by atoms with Gasteiger partial charge in [0.2, 0.25) is 0 Å². The predicted molar refractivity (Wildman–Crippen MR) is 224 cm³/mol. The van der Waals surface area contributed by atoms with E-state index in [4.69, 9.17) is 4.42 Å². The summed E-state index contributed by atoms with van der Waals surface area (Å²) >= 11 is 1.74. The number of benzene rings is 6. The van der Waals surface area contributed by atoms with Crippen molar-refractivity contribution >= 4 is 43.7 Å². The van der Waals surface area contributed by atoms with Crippen LogP contribution in [0.25, 0.3) is 60.8 Å². The largest absolute Gasteiger partial charge is 0.441 e. The van der Waals surface area contributed by atoms with Gasteiger partial charge in [-0.15, -0.1) is 11.3 Å². The predicted octanol–water partition coefficient (Wildman–Crippen LogP) is 11.6. The molecule has 0 aliphatic rings. The SMILES string of the molecule is Cc1nc(-c2ccccc2)nc(-c2ccccc2)n1.Cc1nc2ccccc2n1-c1ccccc1.Cc1nc2ccccc2o1.Cc1nc2ccccc2s1. The molecule has 0 amide bonds. The number of thiazole rings is 1. The van der Waals surface area contributed by atoms with Crippen LogP contribution in [-0.4, -0.2) is 34.5 Å². The van der Waals surface area contributed by atoms with Crippen molar-refractivity contribution in [2.75, 3.05) is 0 Å². The third-order valence-corrected chi connectivity index (χ3v) is 9.31. The van der Waals surface area contributed by atoms with E-state index in [0.29, 0.717) is 11.6 Å². The Morgan fingerprint density at radius 1 is 0.455 bits per heavy atom. The minimum atomic E-state index is 0.715. The molecule has 9 heteroatoms. The molecule has 0 radical (unpaired) electrons. The molecule has 0 N–H and O–H groups in total.